The molecule has 2 amide bonds. The maximum atomic E-state index is 14.7. The molecule has 22 atom stereocenters. The van der Waals surface area contributed by atoms with Gasteiger partial charge in [0.25, 0.3) is 0 Å². The van der Waals surface area contributed by atoms with E-state index in [1.807, 2.05) is 0 Å². The van der Waals surface area contributed by atoms with Crippen LogP contribution in [0.25, 0.3) is 0 Å². The maximum absolute atomic E-state index is 14.7. The first-order chi connectivity index (χ1) is 34.8. The summed E-state index contributed by atoms with van der Waals surface area (Å²) in [6, 6.07) is 10.7. The molecule has 2 aromatic carbocycles. The van der Waals surface area contributed by atoms with Gasteiger partial charge in [-0.05, 0) is 110 Å². The van der Waals surface area contributed by atoms with Crippen molar-refractivity contribution in [2.75, 3.05) is 30.5 Å². The lowest BCUT2D eigenvalue weighted by Gasteiger charge is -2.60. The van der Waals surface area contributed by atoms with Gasteiger partial charge in [-0.2, -0.15) is 0 Å². The number of halogens is 2. The monoisotopic (exact) mass is 1030 g/mol. The molecule has 4 heterocycles. The van der Waals surface area contributed by atoms with Crippen molar-refractivity contribution >= 4 is 29.3 Å². The molecule has 0 bridgehead atoms. The number of nitrogens with one attached hydrogen (secondary N) is 2. The predicted octanol–water partition coefficient (Wildman–Crippen LogP) is 5.41. The minimum Gasteiger partial charge on any atom is -0.446 e. The van der Waals surface area contributed by atoms with Gasteiger partial charge in [0.1, 0.15) is 79.5 Å². The summed E-state index contributed by atoms with van der Waals surface area (Å²) in [6.45, 7) is 8.35. The van der Waals surface area contributed by atoms with E-state index in [0.717, 1.165) is 44.2 Å². The van der Waals surface area contributed by atoms with E-state index in [9.17, 15) is 48.7 Å². The number of hydrogen-bond acceptors (Lipinski definition) is 16. The van der Waals surface area contributed by atoms with Gasteiger partial charge in [0.2, 0.25) is 0 Å². The molecule has 0 radical (unpaired) electrons. The largest absolute Gasteiger partial charge is 0.446 e. The zero-order valence-corrected chi connectivity index (χ0v) is 41.6. The first kappa shape index (κ1) is 52.5. The highest BCUT2D eigenvalue weighted by Gasteiger charge is 2.71. The number of carbonyl (C=O) groups excluding carboxylic acids is 3. The first-order valence-corrected chi connectivity index (χ1v) is 26.0. The lowest BCUT2D eigenvalue weighted by Crippen LogP contribution is -2.65. The average Bonchev–Trinajstić information content (AvgIpc) is 3.80. The Morgan fingerprint density at radius 3 is 1.99 bits per heavy atom. The van der Waals surface area contributed by atoms with Crippen LogP contribution in [0.2, 0.25) is 0 Å². The summed E-state index contributed by atoms with van der Waals surface area (Å²) < 4.78 is 77.1. The van der Waals surface area contributed by atoms with E-state index in [4.69, 9.17) is 37.9 Å². The van der Waals surface area contributed by atoms with Gasteiger partial charge in [0.15, 0.2) is 18.4 Å². The first-order valence-electron chi connectivity index (χ1n) is 26.0. The Kier molecular flexibility index (Phi) is 14.8. The fraction of sp³-hybridized carbons (Fsp3) is 0.717. The molecule has 8 aliphatic rings. The minimum absolute atomic E-state index is 0.0582. The van der Waals surface area contributed by atoms with Gasteiger partial charge in [0, 0.05) is 24.7 Å². The topological polar surface area (TPSA) is 250 Å². The van der Waals surface area contributed by atoms with Crippen LogP contribution in [0.3, 0.4) is 0 Å². The molecule has 4 aliphatic carbocycles. The molecule has 8 fully saturated rings. The van der Waals surface area contributed by atoms with Gasteiger partial charge in [-0.25, -0.2) is 18.4 Å². The fourth-order valence-electron chi connectivity index (χ4n) is 14.7. The highest BCUT2D eigenvalue weighted by Crippen LogP contribution is 2.70. The maximum Gasteiger partial charge on any atom is 0.411 e. The molecule has 18 nitrogen and oxygen atoms in total. The van der Waals surface area contributed by atoms with Crippen LogP contribution in [0, 0.1) is 63.9 Å². The van der Waals surface area contributed by atoms with Crippen molar-refractivity contribution < 1.29 is 86.6 Å². The molecule has 402 valence electrons. The van der Waals surface area contributed by atoms with Gasteiger partial charge in [-0.3, -0.25) is 15.4 Å². The summed E-state index contributed by atoms with van der Waals surface area (Å²) in [5.41, 5.74) is -0.853. The number of anilines is 2. The Bertz CT molecular complexity index is 2340. The van der Waals surface area contributed by atoms with Crippen molar-refractivity contribution in [1.29, 1.82) is 0 Å². The fourth-order valence-corrected chi connectivity index (χ4v) is 14.7. The number of hydrogen-bond donors (Lipinski definition) is 7. The van der Waals surface area contributed by atoms with E-state index in [1.54, 1.807) is 0 Å². The quantitative estimate of drug-likeness (QED) is 0.147. The molecule has 0 aromatic heterocycles. The van der Waals surface area contributed by atoms with Crippen LogP contribution in [0.5, 0.6) is 0 Å². The average molecular weight is 1030 g/mol. The number of amides is 2. The molecule has 1 spiro atoms. The van der Waals surface area contributed by atoms with Crippen LogP contribution in [0.1, 0.15) is 85.5 Å². The number of aliphatic hydroxyl groups is 5. The molecule has 2 aromatic rings. The van der Waals surface area contributed by atoms with Crippen molar-refractivity contribution in [3.8, 4) is 0 Å². The Morgan fingerprint density at radius 2 is 1.34 bits per heavy atom. The predicted molar refractivity (Wildman–Crippen MR) is 252 cm³/mol. The Hall–Kier alpha value is -3.93. The third kappa shape index (κ3) is 9.69. The third-order valence-corrected chi connectivity index (χ3v) is 18.5. The third-order valence-electron chi connectivity index (χ3n) is 18.5. The Labute approximate surface area is 422 Å². The van der Waals surface area contributed by atoms with Crippen molar-refractivity contribution in [2.45, 2.75) is 165 Å². The number of ketones is 1. The lowest BCUT2D eigenvalue weighted by molar-refractivity contribution is -0.363. The van der Waals surface area contributed by atoms with Gasteiger partial charge in [-0.1, -0.05) is 52.0 Å². The van der Waals surface area contributed by atoms with Crippen molar-refractivity contribution in [2.24, 2.45) is 52.3 Å². The smallest absolute Gasteiger partial charge is 0.411 e. The van der Waals surface area contributed by atoms with Crippen molar-refractivity contribution in [3.05, 3.63) is 60.2 Å². The van der Waals surface area contributed by atoms with Crippen LogP contribution < -0.4 is 10.6 Å². The summed E-state index contributed by atoms with van der Waals surface area (Å²) in [7, 11) is 0. The highest BCUT2D eigenvalue weighted by atomic mass is 19.1. The number of rotatable bonds is 10. The summed E-state index contributed by atoms with van der Waals surface area (Å²) in [5, 5.41) is 60.6. The van der Waals surface area contributed by atoms with E-state index < -0.39 is 110 Å². The molecule has 0 unspecified atom stereocenters. The van der Waals surface area contributed by atoms with E-state index in [0.29, 0.717) is 49.9 Å². The molecule has 73 heavy (non-hydrogen) atoms. The number of para-hydroxylation sites is 2. The zero-order valence-electron chi connectivity index (χ0n) is 41.6. The van der Waals surface area contributed by atoms with Gasteiger partial charge < -0.3 is 63.4 Å². The number of ether oxygens (including phenoxy) is 8. The van der Waals surface area contributed by atoms with E-state index in [2.05, 4.69) is 38.3 Å². The molecule has 20 heteroatoms. The lowest BCUT2D eigenvalue weighted by atomic mass is 9.44. The van der Waals surface area contributed by atoms with Crippen LogP contribution in [0.15, 0.2) is 48.5 Å². The molecule has 10 rings (SSSR count). The Morgan fingerprint density at radius 1 is 0.726 bits per heavy atom. The van der Waals surface area contributed by atoms with Crippen molar-refractivity contribution in [1.82, 2.24) is 0 Å². The number of carbonyl (C=O) groups is 3. The molecule has 4 saturated carbocycles. The Balaban J connectivity index is 0.807. The zero-order chi connectivity index (χ0) is 51.7. The molecular weight excluding hydrogens is 959 g/mol. The summed E-state index contributed by atoms with van der Waals surface area (Å²) in [5.74, 6) is -0.234. The molecular formula is C53H70F2N2O16. The van der Waals surface area contributed by atoms with E-state index in [1.165, 1.54) is 36.4 Å². The van der Waals surface area contributed by atoms with E-state index >= 15 is 0 Å². The number of fused-ring (bicyclic) bond motifs is 7. The number of Topliss-reactive ketones (excluding diaryl/α,β-unsaturated/α-hetero) is 1. The van der Waals surface area contributed by atoms with Crippen LogP contribution in [-0.2, 0) is 42.7 Å². The van der Waals surface area contributed by atoms with Gasteiger partial charge >= 0.3 is 12.2 Å². The second kappa shape index (κ2) is 20.5. The highest BCUT2D eigenvalue weighted by molar-refractivity contribution is 5.85. The van der Waals surface area contributed by atoms with Crippen LogP contribution in [-0.4, -0.2) is 143 Å². The summed E-state index contributed by atoms with van der Waals surface area (Å²) in [6.07, 6.45) is -13.2. The summed E-state index contributed by atoms with van der Waals surface area (Å²) in [4.78, 5) is 40.3. The molecule has 7 N–H and O–H groups in total. The van der Waals surface area contributed by atoms with Gasteiger partial charge in [-0.15, -0.1) is 0 Å². The van der Waals surface area contributed by atoms with Crippen molar-refractivity contribution in [3.63, 3.8) is 0 Å². The number of benzene rings is 2. The van der Waals surface area contributed by atoms with Gasteiger partial charge in [0.05, 0.1) is 30.2 Å². The molecule has 4 aliphatic heterocycles. The second-order valence-electron chi connectivity index (χ2n) is 22.7. The standard InChI is InChI=1S/C53H70F2N2O16/c1-25-15-18-53(68-22-25)26(2)39-36(73-53)20-30-29-14-13-27-19-28(16-17-51(27,3)40(29)35(58)21-52(30,39)4)69-47-45(63)43(61)46(38(71-47)24-67-50(65)57-34-12-8-6-10-32(34)55)72-48-44(62)42(60)41(59)37(70-48)23-66-49(64)56-33-11-7-5-9-31(33)54/h5-12,25-30,36-48,59-63H,13-24H2,1-4H3,(H,56,64)(H,57,65)/t25-,26+,27+,28+,29+,30+,36+,37+,38+,39+,40-,41-,42+,43-,44+,45+,46-,47-,48+,51+,52+,53-/m1/s1. The van der Waals surface area contributed by atoms with Crippen LogP contribution >= 0.6 is 0 Å². The normalized spacial score (nSPS) is 45.1. The summed E-state index contributed by atoms with van der Waals surface area (Å²) >= 11 is 0. The SMILES string of the molecule is C[C@@H]1CC[C@@]2(OC1)O[C@H]1C[C@H]3[C@@H]4CC[C@H]5C[C@@H](O[C@@H]6O[C@@H](COC(=O)Nc7ccccc7F)[C@@H](O[C@@H]7O[C@@H](COC(=O)Nc8ccccc8F)[C@@H](O)[C@H](O)[C@@H]7O)[C@H](O)[C@@H]6O)CC[C@]5(C)[C@H]4C(=O)C[C@]3(C)[C@H]1[C@@H]2C. The van der Waals surface area contributed by atoms with E-state index in [-0.39, 0.29) is 57.9 Å². The number of aliphatic hydroxyl groups excluding tert-OH is 5. The van der Waals surface area contributed by atoms with Crippen LogP contribution in [0.4, 0.5) is 29.7 Å². The minimum atomic E-state index is -1.98. The second-order valence-corrected chi connectivity index (χ2v) is 22.7. The molecule has 4 saturated heterocycles.